The van der Waals surface area contributed by atoms with Crippen LogP contribution in [-0.2, 0) is 6.42 Å². The van der Waals surface area contributed by atoms with Gasteiger partial charge in [-0.1, -0.05) is 6.92 Å². The predicted molar refractivity (Wildman–Crippen MR) is 59.4 cm³/mol. The van der Waals surface area contributed by atoms with E-state index in [1.165, 1.54) is 5.56 Å². The van der Waals surface area contributed by atoms with Gasteiger partial charge < -0.3 is 5.73 Å². The summed E-state index contributed by atoms with van der Waals surface area (Å²) in [7, 11) is 0. The molecule has 0 spiro atoms. The molecular formula is C10H16N2S. The lowest BCUT2D eigenvalue weighted by Crippen LogP contribution is -2.11. The van der Waals surface area contributed by atoms with Gasteiger partial charge in [0.2, 0.25) is 0 Å². The van der Waals surface area contributed by atoms with E-state index in [4.69, 9.17) is 5.73 Å². The van der Waals surface area contributed by atoms with E-state index in [1.54, 1.807) is 11.3 Å². The monoisotopic (exact) mass is 196 g/mol. The molecule has 0 saturated heterocycles. The molecule has 72 valence electrons. The molecule has 0 fully saturated rings. The summed E-state index contributed by atoms with van der Waals surface area (Å²) < 4.78 is 0. The van der Waals surface area contributed by atoms with Gasteiger partial charge in [0, 0.05) is 13.0 Å². The Morgan fingerprint density at radius 3 is 3.08 bits per heavy atom. The highest BCUT2D eigenvalue weighted by Crippen LogP contribution is 2.06. The molecule has 1 rings (SSSR count). The highest BCUT2D eigenvalue weighted by atomic mass is 32.1. The maximum Gasteiger partial charge on any atom is 0.0937 e. The number of amidine groups is 1. The molecule has 0 aliphatic heterocycles. The van der Waals surface area contributed by atoms with E-state index >= 15 is 0 Å². The fourth-order valence-electron chi connectivity index (χ4n) is 1.10. The fourth-order valence-corrected chi connectivity index (χ4v) is 1.80. The number of rotatable bonds is 5. The minimum absolute atomic E-state index is 0.790. The number of hydrogen-bond donors (Lipinski definition) is 1. The van der Waals surface area contributed by atoms with Crippen molar-refractivity contribution >= 4 is 17.2 Å². The third kappa shape index (κ3) is 4.08. The van der Waals surface area contributed by atoms with Gasteiger partial charge in [0.1, 0.15) is 0 Å². The Bertz CT molecular complexity index is 252. The SMILES string of the molecule is CCCC(N)=NCCc1ccsc1. The second-order valence-electron chi connectivity index (χ2n) is 3.00. The molecule has 2 nitrogen and oxygen atoms in total. The lowest BCUT2D eigenvalue weighted by atomic mass is 10.2. The number of nitrogens with zero attached hydrogens (tertiary/aromatic N) is 1. The van der Waals surface area contributed by atoms with Crippen LogP contribution in [0.3, 0.4) is 0 Å². The van der Waals surface area contributed by atoms with Gasteiger partial charge in [-0.05, 0) is 35.2 Å². The quantitative estimate of drug-likeness (QED) is 0.570. The van der Waals surface area contributed by atoms with Crippen LogP contribution in [0.5, 0.6) is 0 Å². The molecule has 3 heteroatoms. The maximum absolute atomic E-state index is 5.68. The van der Waals surface area contributed by atoms with Gasteiger partial charge in [-0.2, -0.15) is 11.3 Å². The zero-order valence-corrected chi connectivity index (χ0v) is 8.81. The first-order valence-corrected chi connectivity index (χ1v) is 5.57. The summed E-state index contributed by atoms with van der Waals surface area (Å²) in [6.45, 7) is 2.93. The molecule has 1 aromatic heterocycles. The molecule has 0 saturated carbocycles. The molecule has 1 aromatic rings. The van der Waals surface area contributed by atoms with Crippen molar-refractivity contribution in [1.82, 2.24) is 0 Å². The second-order valence-corrected chi connectivity index (χ2v) is 3.78. The zero-order valence-electron chi connectivity index (χ0n) is 7.99. The van der Waals surface area contributed by atoms with Crippen molar-refractivity contribution in [3.8, 4) is 0 Å². The Morgan fingerprint density at radius 1 is 1.62 bits per heavy atom. The summed E-state index contributed by atoms with van der Waals surface area (Å²) in [6.07, 6.45) is 3.01. The summed E-state index contributed by atoms with van der Waals surface area (Å²) in [4.78, 5) is 4.29. The molecule has 0 radical (unpaired) electrons. The van der Waals surface area contributed by atoms with Gasteiger partial charge in [0.25, 0.3) is 0 Å². The van der Waals surface area contributed by atoms with E-state index in [1.807, 2.05) is 0 Å². The molecule has 0 amide bonds. The molecule has 0 aliphatic rings. The minimum atomic E-state index is 0.790. The highest BCUT2D eigenvalue weighted by molar-refractivity contribution is 7.07. The average Bonchev–Trinajstić information content (AvgIpc) is 2.57. The van der Waals surface area contributed by atoms with Crippen molar-refractivity contribution in [2.45, 2.75) is 26.2 Å². The van der Waals surface area contributed by atoms with Crippen LogP contribution in [0.4, 0.5) is 0 Å². The maximum atomic E-state index is 5.68. The van der Waals surface area contributed by atoms with Crippen molar-refractivity contribution < 1.29 is 0 Å². The Morgan fingerprint density at radius 2 is 2.46 bits per heavy atom. The molecule has 0 aliphatic carbocycles. The van der Waals surface area contributed by atoms with Crippen molar-refractivity contribution in [2.24, 2.45) is 10.7 Å². The summed E-state index contributed by atoms with van der Waals surface area (Å²) in [5.41, 5.74) is 7.04. The number of nitrogens with two attached hydrogens (primary N) is 1. The van der Waals surface area contributed by atoms with E-state index in [0.717, 1.165) is 31.6 Å². The van der Waals surface area contributed by atoms with E-state index in [2.05, 4.69) is 28.7 Å². The molecule has 1 heterocycles. The van der Waals surface area contributed by atoms with Gasteiger partial charge in [0.15, 0.2) is 0 Å². The molecule has 0 aromatic carbocycles. The highest BCUT2D eigenvalue weighted by Gasteiger charge is 1.92. The topological polar surface area (TPSA) is 38.4 Å². The van der Waals surface area contributed by atoms with Gasteiger partial charge >= 0.3 is 0 Å². The standard InChI is InChI=1S/C10H16N2S/c1-2-3-10(11)12-6-4-9-5-7-13-8-9/h5,7-8H,2-4,6H2,1H3,(H2,11,12). The van der Waals surface area contributed by atoms with Gasteiger partial charge in [-0.15, -0.1) is 0 Å². The Balaban J connectivity index is 2.24. The number of aliphatic imine (C=N–C) groups is 1. The molecule has 0 atom stereocenters. The van der Waals surface area contributed by atoms with Gasteiger partial charge in [-0.25, -0.2) is 0 Å². The third-order valence-corrected chi connectivity index (χ3v) is 2.53. The van der Waals surface area contributed by atoms with E-state index in [0.29, 0.717) is 0 Å². The Hall–Kier alpha value is -0.830. The van der Waals surface area contributed by atoms with Crippen LogP contribution >= 0.6 is 11.3 Å². The van der Waals surface area contributed by atoms with Crippen LogP contribution in [0.1, 0.15) is 25.3 Å². The summed E-state index contributed by atoms with van der Waals surface area (Å²) in [6, 6.07) is 2.14. The fraction of sp³-hybridized carbons (Fsp3) is 0.500. The summed E-state index contributed by atoms with van der Waals surface area (Å²) in [5.74, 6) is 0.790. The van der Waals surface area contributed by atoms with Crippen LogP contribution in [-0.4, -0.2) is 12.4 Å². The molecule has 13 heavy (non-hydrogen) atoms. The second kappa shape index (κ2) is 5.75. The van der Waals surface area contributed by atoms with Crippen molar-refractivity contribution in [3.05, 3.63) is 22.4 Å². The van der Waals surface area contributed by atoms with Crippen LogP contribution in [0, 0.1) is 0 Å². The first-order valence-electron chi connectivity index (χ1n) is 4.62. The van der Waals surface area contributed by atoms with E-state index in [9.17, 15) is 0 Å². The number of hydrogen-bond acceptors (Lipinski definition) is 2. The smallest absolute Gasteiger partial charge is 0.0937 e. The van der Waals surface area contributed by atoms with Crippen molar-refractivity contribution in [1.29, 1.82) is 0 Å². The van der Waals surface area contributed by atoms with Crippen molar-refractivity contribution in [2.75, 3.05) is 6.54 Å². The third-order valence-electron chi connectivity index (χ3n) is 1.80. The van der Waals surface area contributed by atoms with Crippen LogP contribution in [0.25, 0.3) is 0 Å². The normalized spacial score (nSPS) is 11.9. The minimum Gasteiger partial charge on any atom is -0.387 e. The van der Waals surface area contributed by atoms with Crippen LogP contribution < -0.4 is 5.73 Å². The predicted octanol–water partition coefficient (Wildman–Crippen LogP) is 2.45. The molecule has 0 bridgehead atoms. The molecule has 2 N–H and O–H groups in total. The van der Waals surface area contributed by atoms with E-state index < -0.39 is 0 Å². The van der Waals surface area contributed by atoms with E-state index in [-0.39, 0.29) is 0 Å². The first kappa shape index (κ1) is 10.3. The largest absolute Gasteiger partial charge is 0.387 e. The summed E-state index contributed by atoms with van der Waals surface area (Å²) in [5, 5.41) is 4.25. The van der Waals surface area contributed by atoms with Crippen molar-refractivity contribution in [3.63, 3.8) is 0 Å². The van der Waals surface area contributed by atoms with Gasteiger partial charge in [-0.3, -0.25) is 4.99 Å². The van der Waals surface area contributed by atoms with Crippen LogP contribution in [0.2, 0.25) is 0 Å². The first-order chi connectivity index (χ1) is 6.33. The summed E-state index contributed by atoms with van der Waals surface area (Å²) >= 11 is 1.73. The Kier molecular flexibility index (Phi) is 4.54. The van der Waals surface area contributed by atoms with Crippen LogP contribution in [0.15, 0.2) is 21.8 Å². The molecular weight excluding hydrogens is 180 g/mol. The lowest BCUT2D eigenvalue weighted by Gasteiger charge is -1.97. The Labute approximate surface area is 83.5 Å². The van der Waals surface area contributed by atoms with Gasteiger partial charge in [0.05, 0.1) is 5.84 Å². The zero-order chi connectivity index (χ0) is 9.52. The lowest BCUT2D eigenvalue weighted by molar-refractivity contribution is 0.929. The molecule has 0 unspecified atom stereocenters. The average molecular weight is 196 g/mol. The number of thiophene rings is 1.